The second-order valence-electron chi connectivity index (χ2n) is 8.21. The largest absolute Gasteiger partial charge is 0.322 e. The smallest absolute Gasteiger partial charge is 0.321 e. The highest BCUT2D eigenvalue weighted by Gasteiger charge is 2.22. The Bertz CT molecular complexity index is 1400. The fourth-order valence-electron chi connectivity index (χ4n) is 3.85. The average molecular weight is 495 g/mol. The molecule has 0 aliphatic carbocycles. The molecular formula is C24H23ClN6O2S. The van der Waals surface area contributed by atoms with Crippen molar-refractivity contribution in [2.75, 3.05) is 31.5 Å². The SMILES string of the molecule is Cc1ccc(NC(=O)N2CCN(Cc3cc(=O)n4nc(-c5ccccc5)sc4n3)CC2)cc1Cl. The molecule has 34 heavy (non-hydrogen) atoms. The van der Waals surface area contributed by atoms with E-state index in [2.05, 4.69) is 20.3 Å². The van der Waals surface area contributed by atoms with E-state index in [9.17, 15) is 9.59 Å². The van der Waals surface area contributed by atoms with Crippen LogP contribution in [0.2, 0.25) is 5.02 Å². The molecule has 2 amide bonds. The number of hydrogen-bond acceptors (Lipinski definition) is 6. The number of nitrogens with zero attached hydrogens (tertiary/aromatic N) is 5. The van der Waals surface area contributed by atoms with Crippen molar-refractivity contribution in [2.24, 2.45) is 0 Å². The number of halogens is 1. The van der Waals surface area contributed by atoms with Crippen LogP contribution in [-0.4, -0.2) is 56.6 Å². The molecule has 1 aliphatic heterocycles. The number of nitrogens with one attached hydrogen (secondary N) is 1. The summed E-state index contributed by atoms with van der Waals surface area (Å²) in [5.41, 5.74) is 3.13. The summed E-state index contributed by atoms with van der Waals surface area (Å²) >= 11 is 7.55. The number of rotatable bonds is 4. The van der Waals surface area contributed by atoms with E-state index < -0.39 is 0 Å². The Morgan fingerprint density at radius 2 is 1.85 bits per heavy atom. The first-order valence-corrected chi connectivity index (χ1v) is 12.2. The molecule has 2 aromatic heterocycles. The van der Waals surface area contributed by atoms with Crippen LogP contribution in [0, 0.1) is 6.92 Å². The number of aryl methyl sites for hydroxylation is 1. The summed E-state index contributed by atoms with van der Waals surface area (Å²) < 4.78 is 1.36. The van der Waals surface area contributed by atoms with Crippen LogP contribution in [0.25, 0.3) is 15.5 Å². The van der Waals surface area contributed by atoms with Gasteiger partial charge in [-0.2, -0.15) is 9.61 Å². The van der Waals surface area contributed by atoms with Crippen molar-refractivity contribution in [1.82, 2.24) is 24.4 Å². The molecule has 0 radical (unpaired) electrons. The molecule has 0 atom stereocenters. The topological polar surface area (TPSA) is 82.8 Å². The van der Waals surface area contributed by atoms with Crippen molar-refractivity contribution in [3.63, 3.8) is 0 Å². The number of carbonyl (C=O) groups is 1. The third kappa shape index (κ3) is 4.82. The lowest BCUT2D eigenvalue weighted by molar-refractivity contribution is 0.142. The minimum Gasteiger partial charge on any atom is -0.322 e. The van der Waals surface area contributed by atoms with E-state index in [1.54, 1.807) is 17.0 Å². The van der Waals surface area contributed by atoms with Gasteiger partial charge in [-0.05, 0) is 24.6 Å². The molecule has 174 valence electrons. The maximum absolute atomic E-state index is 12.6. The van der Waals surface area contributed by atoms with E-state index >= 15 is 0 Å². The quantitative estimate of drug-likeness (QED) is 0.461. The molecule has 1 aliphatic rings. The van der Waals surface area contributed by atoms with Crippen LogP contribution in [0.15, 0.2) is 59.4 Å². The first-order valence-electron chi connectivity index (χ1n) is 11.0. The maximum Gasteiger partial charge on any atom is 0.321 e. The van der Waals surface area contributed by atoms with E-state index in [1.165, 1.54) is 15.9 Å². The molecule has 0 unspecified atom stereocenters. The van der Waals surface area contributed by atoms with Crippen molar-refractivity contribution in [2.45, 2.75) is 13.5 Å². The zero-order valence-corrected chi connectivity index (χ0v) is 20.1. The first kappa shape index (κ1) is 22.5. The number of aromatic nitrogens is 3. The van der Waals surface area contributed by atoms with Gasteiger partial charge in [-0.1, -0.05) is 59.3 Å². The van der Waals surface area contributed by atoms with Gasteiger partial charge >= 0.3 is 6.03 Å². The van der Waals surface area contributed by atoms with E-state index in [-0.39, 0.29) is 11.6 Å². The highest BCUT2D eigenvalue weighted by atomic mass is 35.5. The number of hydrogen-bond donors (Lipinski definition) is 1. The Morgan fingerprint density at radius 1 is 1.09 bits per heavy atom. The van der Waals surface area contributed by atoms with Crippen LogP contribution in [0.3, 0.4) is 0 Å². The molecular weight excluding hydrogens is 472 g/mol. The molecule has 8 nitrogen and oxygen atoms in total. The molecule has 4 aromatic rings. The van der Waals surface area contributed by atoms with Gasteiger partial charge in [-0.25, -0.2) is 9.78 Å². The molecule has 5 rings (SSSR count). The summed E-state index contributed by atoms with van der Waals surface area (Å²) in [4.78, 5) is 34.5. The summed E-state index contributed by atoms with van der Waals surface area (Å²) in [6, 6.07) is 16.6. The zero-order chi connectivity index (χ0) is 23.7. The summed E-state index contributed by atoms with van der Waals surface area (Å²) in [7, 11) is 0. The third-order valence-corrected chi connectivity index (χ3v) is 7.15. The van der Waals surface area contributed by atoms with Crippen LogP contribution in [0.4, 0.5) is 10.5 Å². The normalized spacial score (nSPS) is 14.5. The minimum absolute atomic E-state index is 0.143. The highest BCUT2D eigenvalue weighted by molar-refractivity contribution is 7.19. The maximum atomic E-state index is 12.6. The second kappa shape index (κ2) is 9.54. The lowest BCUT2D eigenvalue weighted by Gasteiger charge is -2.34. The van der Waals surface area contributed by atoms with Gasteiger partial charge in [0, 0.05) is 55.1 Å². The van der Waals surface area contributed by atoms with Gasteiger partial charge in [0.15, 0.2) is 0 Å². The minimum atomic E-state index is -0.187. The standard InChI is InChI=1S/C24H23ClN6O2S/c1-16-7-8-18(13-20(16)25)26-23(33)30-11-9-29(10-12-30)15-19-14-21(32)31-24(27-19)34-22(28-31)17-5-3-2-4-6-17/h2-8,13-14H,9-12,15H2,1H3,(H,26,33). The molecule has 10 heteroatoms. The lowest BCUT2D eigenvalue weighted by Crippen LogP contribution is -2.49. The number of urea groups is 1. The Hall–Kier alpha value is -3.27. The van der Waals surface area contributed by atoms with Crippen molar-refractivity contribution in [3.05, 3.63) is 81.2 Å². The zero-order valence-electron chi connectivity index (χ0n) is 18.6. The Balaban J connectivity index is 1.22. The molecule has 2 aromatic carbocycles. The molecule has 1 saturated heterocycles. The number of fused-ring (bicyclic) bond motifs is 1. The number of benzene rings is 2. The Labute approximate surface area is 205 Å². The van der Waals surface area contributed by atoms with Crippen LogP contribution in [0.1, 0.15) is 11.3 Å². The van der Waals surface area contributed by atoms with Gasteiger partial charge in [-0.15, -0.1) is 0 Å². The Kier molecular flexibility index (Phi) is 6.32. The fraction of sp³-hybridized carbons (Fsp3) is 0.250. The van der Waals surface area contributed by atoms with Crippen molar-refractivity contribution in [1.29, 1.82) is 0 Å². The third-order valence-electron chi connectivity index (χ3n) is 5.79. The summed E-state index contributed by atoms with van der Waals surface area (Å²) in [6.45, 7) is 5.04. The molecule has 3 heterocycles. The van der Waals surface area contributed by atoms with Gasteiger partial charge in [0.1, 0.15) is 5.01 Å². The van der Waals surface area contributed by atoms with Gasteiger partial charge in [0.05, 0.1) is 5.69 Å². The highest BCUT2D eigenvalue weighted by Crippen LogP contribution is 2.24. The van der Waals surface area contributed by atoms with Crippen LogP contribution in [0.5, 0.6) is 0 Å². The van der Waals surface area contributed by atoms with Crippen molar-refractivity contribution < 1.29 is 4.79 Å². The van der Waals surface area contributed by atoms with Crippen LogP contribution in [-0.2, 0) is 6.54 Å². The van der Waals surface area contributed by atoms with Gasteiger partial charge < -0.3 is 10.2 Å². The molecule has 0 spiro atoms. The predicted octanol–water partition coefficient (Wildman–Crippen LogP) is 4.13. The van der Waals surface area contributed by atoms with Gasteiger partial charge in [0.2, 0.25) is 4.96 Å². The molecule has 0 saturated carbocycles. The summed E-state index contributed by atoms with van der Waals surface area (Å²) in [6.07, 6.45) is 0. The van der Waals surface area contributed by atoms with E-state index in [0.717, 1.165) is 16.1 Å². The number of anilines is 1. The molecule has 0 bridgehead atoms. The molecule has 1 fully saturated rings. The lowest BCUT2D eigenvalue weighted by atomic mass is 10.2. The monoisotopic (exact) mass is 494 g/mol. The molecule has 1 N–H and O–H groups in total. The Morgan fingerprint density at radius 3 is 2.59 bits per heavy atom. The van der Waals surface area contributed by atoms with Gasteiger partial charge in [0.25, 0.3) is 5.56 Å². The number of carbonyl (C=O) groups excluding carboxylic acids is 1. The summed E-state index contributed by atoms with van der Waals surface area (Å²) in [5, 5.41) is 8.73. The van der Waals surface area contributed by atoms with Crippen LogP contribution < -0.4 is 10.9 Å². The average Bonchev–Trinajstić information content (AvgIpc) is 3.27. The first-order chi connectivity index (χ1) is 16.5. The van der Waals surface area contributed by atoms with Crippen LogP contribution >= 0.6 is 22.9 Å². The van der Waals surface area contributed by atoms with E-state index in [4.69, 9.17) is 11.6 Å². The van der Waals surface area contributed by atoms with Crippen molar-refractivity contribution in [3.8, 4) is 10.6 Å². The number of piperazine rings is 1. The number of amides is 2. The van der Waals surface area contributed by atoms with Gasteiger partial charge in [-0.3, -0.25) is 9.69 Å². The summed E-state index contributed by atoms with van der Waals surface area (Å²) in [5.74, 6) is 0. The fourth-order valence-corrected chi connectivity index (χ4v) is 4.96. The predicted molar refractivity (Wildman–Crippen MR) is 135 cm³/mol. The van der Waals surface area contributed by atoms with Crippen molar-refractivity contribution >= 4 is 39.6 Å². The second-order valence-corrected chi connectivity index (χ2v) is 9.57. The van der Waals surface area contributed by atoms with E-state index in [1.807, 2.05) is 49.4 Å². The van der Waals surface area contributed by atoms with E-state index in [0.29, 0.717) is 54.1 Å².